The number of rotatable bonds is 3. The third-order valence-electron chi connectivity index (χ3n) is 0.492. The zero-order valence-corrected chi connectivity index (χ0v) is 4.23. The number of hydrogen-bond donors (Lipinski definition) is 0. The summed E-state index contributed by atoms with van der Waals surface area (Å²) < 4.78 is 9.31. The predicted molar refractivity (Wildman–Crippen MR) is 37.2 cm³/mol. The van der Waals surface area contributed by atoms with Crippen LogP contribution in [0.15, 0.2) is 0 Å². The van der Waals surface area contributed by atoms with Crippen molar-refractivity contribution in [3.05, 3.63) is 0 Å². The molecule has 0 radical (unpaired) electrons. The molecule has 8 heavy (non-hydrogen) atoms. The summed E-state index contributed by atoms with van der Waals surface area (Å²) >= 11 is 0. The maximum absolute atomic E-state index is 4.66. The minimum atomic E-state index is 0. The molecule has 0 aliphatic heterocycles. The molecule has 0 unspecified atom stereocenters. The molecule has 0 heterocycles. The van der Waals surface area contributed by atoms with E-state index in [1.807, 2.05) is 0 Å². The average molecular weight is 122 g/mol. The van der Waals surface area contributed by atoms with Crippen LogP contribution in [-0.2, 0) is 9.47 Å². The van der Waals surface area contributed by atoms with Gasteiger partial charge in [-0.2, -0.15) is 0 Å². The van der Waals surface area contributed by atoms with E-state index in [2.05, 4.69) is 9.47 Å². The molecular weight excluding hydrogens is 104 g/mol. The van der Waals surface area contributed by atoms with Gasteiger partial charge < -0.3 is 9.47 Å². The van der Waals surface area contributed by atoms with Gasteiger partial charge in [0.15, 0.2) is 0 Å². The van der Waals surface area contributed by atoms with Crippen molar-refractivity contribution in [3.63, 3.8) is 0 Å². The predicted octanol–water partition coefficient (Wildman–Crippen LogP) is 1.55. The molecule has 0 N–H and O–H groups in total. The molecule has 2 nitrogen and oxygen atoms in total. The Hall–Kier alpha value is -0.0800. The van der Waals surface area contributed by atoms with E-state index >= 15 is 0 Å². The van der Waals surface area contributed by atoms with E-state index in [9.17, 15) is 0 Å². The van der Waals surface area contributed by atoms with E-state index in [-0.39, 0.29) is 14.9 Å². The molecule has 0 rings (SSSR count). The summed E-state index contributed by atoms with van der Waals surface area (Å²) in [6.45, 7) is 1.38. The molecule has 0 bridgehead atoms. The van der Waals surface area contributed by atoms with Gasteiger partial charge in [0.2, 0.25) is 0 Å². The van der Waals surface area contributed by atoms with Crippen LogP contribution >= 0.6 is 0 Å². The van der Waals surface area contributed by atoms with Crippen LogP contribution in [0.3, 0.4) is 0 Å². The molecule has 0 amide bonds. The molecular formula is C6H18O2. The fraction of sp³-hybridized carbons (Fsp3) is 1.00. The van der Waals surface area contributed by atoms with Crippen molar-refractivity contribution >= 4 is 0 Å². The van der Waals surface area contributed by atoms with E-state index in [1.165, 1.54) is 0 Å². The Kier molecular flexibility index (Phi) is 30.9. The van der Waals surface area contributed by atoms with Gasteiger partial charge in [0.25, 0.3) is 0 Å². The molecule has 0 aliphatic carbocycles. The van der Waals surface area contributed by atoms with Crippen molar-refractivity contribution in [2.24, 2.45) is 0 Å². The Morgan fingerprint density at radius 2 is 1.12 bits per heavy atom. The standard InChI is InChI=1S/C4H10O2.2CH4/c1-5-3-4-6-2;;/h3-4H2,1-2H3;2*1H4. The molecule has 0 atom stereocenters. The van der Waals surface area contributed by atoms with Crippen LogP contribution in [-0.4, -0.2) is 27.4 Å². The van der Waals surface area contributed by atoms with Crippen molar-refractivity contribution in [2.45, 2.75) is 14.9 Å². The molecule has 54 valence electrons. The third-order valence-corrected chi connectivity index (χ3v) is 0.492. The van der Waals surface area contributed by atoms with E-state index in [1.54, 1.807) is 14.2 Å². The number of methoxy groups -OCH3 is 2. The lowest BCUT2D eigenvalue weighted by molar-refractivity contribution is 0.103. The van der Waals surface area contributed by atoms with Gasteiger partial charge in [-0.25, -0.2) is 0 Å². The highest BCUT2D eigenvalue weighted by Gasteiger charge is 1.73. The van der Waals surface area contributed by atoms with E-state index in [0.29, 0.717) is 13.2 Å². The molecule has 0 saturated carbocycles. The third kappa shape index (κ3) is 16.8. The van der Waals surface area contributed by atoms with Crippen LogP contribution in [0.1, 0.15) is 14.9 Å². The van der Waals surface area contributed by atoms with Gasteiger partial charge in [-0.3, -0.25) is 0 Å². The Morgan fingerprint density at radius 3 is 1.25 bits per heavy atom. The minimum Gasteiger partial charge on any atom is -0.382 e. The highest BCUT2D eigenvalue weighted by atomic mass is 16.5. The lowest BCUT2D eigenvalue weighted by Crippen LogP contribution is -1.96. The first-order valence-corrected chi connectivity index (χ1v) is 1.89. The first-order chi connectivity index (χ1) is 2.91. The smallest absolute Gasteiger partial charge is 0.0696 e. The molecule has 0 saturated heterocycles. The minimum absolute atomic E-state index is 0. The van der Waals surface area contributed by atoms with Crippen LogP contribution in [0.25, 0.3) is 0 Å². The Morgan fingerprint density at radius 1 is 0.875 bits per heavy atom. The van der Waals surface area contributed by atoms with Crippen LogP contribution in [0.5, 0.6) is 0 Å². The molecule has 2 heteroatoms. The van der Waals surface area contributed by atoms with Gasteiger partial charge in [0, 0.05) is 14.2 Å². The van der Waals surface area contributed by atoms with Gasteiger partial charge >= 0.3 is 0 Å². The highest BCUT2D eigenvalue weighted by molar-refractivity contribution is 4.17. The van der Waals surface area contributed by atoms with E-state index in [0.717, 1.165) is 0 Å². The first-order valence-electron chi connectivity index (χ1n) is 1.89. The number of ether oxygens (including phenoxy) is 2. The lowest BCUT2D eigenvalue weighted by Gasteiger charge is -1.91. The van der Waals surface area contributed by atoms with Gasteiger partial charge in [0.1, 0.15) is 0 Å². The highest BCUT2D eigenvalue weighted by Crippen LogP contribution is 1.65. The second-order valence-electron chi connectivity index (χ2n) is 0.986. The molecule has 0 aromatic rings. The SMILES string of the molecule is C.C.COCCOC. The summed E-state index contributed by atoms with van der Waals surface area (Å²) in [4.78, 5) is 0. The van der Waals surface area contributed by atoms with Crippen LogP contribution in [0.2, 0.25) is 0 Å². The first kappa shape index (κ1) is 15.7. The number of hydrogen-bond acceptors (Lipinski definition) is 2. The van der Waals surface area contributed by atoms with Gasteiger partial charge in [0.05, 0.1) is 13.2 Å². The second-order valence-corrected chi connectivity index (χ2v) is 0.986. The second kappa shape index (κ2) is 15.8. The zero-order chi connectivity index (χ0) is 4.83. The normalized spacial score (nSPS) is 6.75. The van der Waals surface area contributed by atoms with E-state index in [4.69, 9.17) is 0 Å². The van der Waals surface area contributed by atoms with Crippen molar-refractivity contribution in [2.75, 3.05) is 27.4 Å². The van der Waals surface area contributed by atoms with Crippen molar-refractivity contribution in [1.82, 2.24) is 0 Å². The van der Waals surface area contributed by atoms with Gasteiger partial charge in [-0.1, -0.05) is 14.9 Å². The fourth-order valence-corrected chi connectivity index (χ4v) is 0.167. The topological polar surface area (TPSA) is 18.5 Å². The Balaban J connectivity index is -0.000000125. The molecule has 0 fully saturated rings. The molecule has 0 spiro atoms. The van der Waals surface area contributed by atoms with Crippen molar-refractivity contribution in [3.8, 4) is 0 Å². The summed E-state index contributed by atoms with van der Waals surface area (Å²) in [5.74, 6) is 0. The fourth-order valence-electron chi connectivity index (χ4n) is 0.167. The van der Waals surface area contributed by atoms with Gasteiger partial charge in [-0.05, 0) is 0 Å². The van der Waals surface area contributed by atoms with Gasteiger partial charge in [-0.15, -0.1) is 0 Å². The summed E-state index contributed by atoms with van der Waals surface area (Å²) in [7, 11) is 3.30. The molecule has 0 aliphatic rings. The zero-order valence-electron chi connectivity index (χ0n) is 4.23. The molecule has 0 aromatic heterocycles. The van der Waals surface area contributed by atoms with E-state index < -0.39 is 0 Å². The summed E-state index contributed by atoms with van der Waals surface area (Å²) in [6, 6.07) is 0. The quantitative estimate of drug-likeness (QED) is 0.529. The van der Waals surface area contributed by atoms with Crippen LogP contribution in [0.4, 0.5) is 0 Å². The lowest BCUT2D eigenvalue weighted by atomic mass is 10.8. The average Bonchev–Trinajstić information content (AvgIpc) is 1.61. The maximum atomic E-state index is 4.66. The Bertz CT molecular complexity index is 18.5. The van der Waals surface area contributed by atoms with Crippen molar-refractivity contribution in [1.29, 1.82) is 0 Å². The van der Waals surface area contributed by atoms with Crippen molar-refractivity contribution < 1.29 is 9.47 Å². The summed E-state index contributed by atoms with van der Waals surface area (Å²) in [5.41, 5.74) is 0. The summed E-state index contributed by atoms with van der Waals surface area (Å²) in [6.07, 6.45) is 0. The monoisotopic (exact) mass is 122 g/mol. The maximum Gasteiger partial charge on any atom is 0.0696 e. The Labute approximate surface area is 52.8 Å². The summed E-state index contributed by atoms with van der Waals surface area (Å²) in [5, 5.41) is 0. The molecule has 0 aromatic carbocycles. The largest absolute Gasteiger partial charge is 0.382 e. The van der Waals surface area contributed by atoms with Crippen LogP contribution in [0, 0.1) is 0 Å². The van der Waals surface area contributed by atoms with Crippen LogP contribution < -0.4 is 0 Å².